The molecule has 1 aromatic heterocycles. The maximum absolute atomic E-state index is 5.31. The van der Waals surface area contributed by atoms with E-state index in [2.05, 4.69) is 38.1 Å². The number of ether oxygens (including phenoxy) is 2. The molecule has 112 valence electrons. The summed E-state index contributed by atoms with van der Waals surface area (Å²) in [4.78, 5) is 8.90. The molecule has 0 saturated heterocycles. The van der Waals surface area contributed by atoms with Crippen LogP contribution in [0.4, 0.5) is 5.82 Å². The van der Waals surface area contributed by atoms with Gasteiger partial charge in [0.15, 0.2) is 17.3 Å². The molecule has 21 heavy (non-hydrogen) atoms. The Balaban J connectivity index is 2.37. The second-order valence-electron chi connectivity index (χ2n) is 4.39. The van der Waals surface area contributed by atoms with E-state index in [4.69, 9.17) is 9.47 Å². The van der Waals surface area contributed by atoms with Crippen molar-refractivity contribution in [3.63, 3.8) is 0 Å². The van der Waals surface area contributed by atoms with Gasteiger partial charge in [-0.2, -0.15) is 0 Å². The predicted octanol–water partition coefficient (Wildman–Crippen LogP) is 3.75. The van der Waals surface area contributed by atoms with Gasteiger partial charge in [-0.3, -0.25) is 0 Å². The lowest BCUT2D eigenvalue weighted by molar-refractivity contribution is 0.355. The first kappa shape index (κ1) is 15.6. The van der Waals surface area contributed by atoms with Crippen LogP contribution < -0.4 is 14.8 Å². The van der Waals surface area contributed by atoms with Crippen molar-refractivity contribution >= 4 is 21.7 Å². The van der Waals surface area contributed by atoms with E-state index >= 15 is 0 Å². The van der Waals surface area contributed by atoms with Gasteiger partial charge in [-0.05, 0) is 40.5 Å². The molecule has 5 nitrogen and oxygen atoms in total. The zero-order chi connectivity index (χ0) is 15.2. The minimum absolute atomic E-state index is 0.637. The average Bonchev–Trinajstić information content (AvgIpc) is 2.53. The first-order chi connectivity index (χ1) is 10.2. The van der Waals surface area contributed by atoms with E-state index in [0.29, 0.717) is 17.3 Å². The number of aromatic nitrogens is 2. The first-order valence-corrected chi connectivity index (χ1v) is 7.47. The zero-order valence-electron chi connectivity index (χ0n) is 12.3. The Kier molecular flexibility index (Phi) is 5.38. The number of halogens is 1. The van der Waals surface area contributed by atoms with Crippen molar-refractivity contribution in [2.45, 2.75) is 13.3 Å². The standard InChI is InChI=1S/C15H18BrN3O2/c1-4-7-17-15-11(16)9-18-14(19-15)10-5-6-12(20-2)13(8-10)21-3/h5-6,8-9H,4,7H2,1-3H3,(H,17,18,19). The van der Waals surface area contributed by atoms with Crippen molar-refractivity contribution in [2.24, 2.45) is 0 Å². The molecule has 6 heteroatoms. The van der Waals surface area contributed by atoms with Gasteiger partial charge in [0, 0.05) is 18.3 Å². The highest BCUT2D eigenvalue weighted by Crippen LogP contribution is 2.32. The first-order valence-electron chi connectivity index (χ1n) is 6.68. The molecule has 0 atom stereocenters. The van der Waals surface area contributed by atoms with E-state index < -0.39 is 0 Å². The summed E-state index contributed by atoms with van der Waals surface area (Å²) in [6.07, 6.45) is 2.78. The normalized spacial score (nSPS) is 10.3. The minimum atomic E-state index is 0.637. The van der Waals surface area contributed by atoms with Crippen molar-refractivity contribution in [1.82, 2.24) is 9.97 Å². The highest BCUT2D eigenvalue weighted by Gasteiger charge is 2.10. The third-order valence-electron chi connectivity index (χ3n) is 2.93. The molecule has 0 spiro atoms. The summed E-state index contributed by atoms with van der Waals surface area (Å²) in [6.45, 7) is 2.97. The van der Waals surface area contributed by atoms with Crippen LogP contribution in [0.1, 0.15) is 13.3 Å². The second kappa shape index (κ2) is 7.26. The smallest absolute Gasteiger partial charge is 0.161 e. The number of benzene rings is 1. The zero-order valence-corrected chi connectivity index (χ0v) is 13.9. The SMILES string of the molecule is CCCNc1nc(-c2ccc(OC)c(OC)c2)ncc1Br. The fourth-order valence-electron chi connectivity index (χ4n) is 1.85. The summed E-state index contributed by atoms with van der Waals surface area (Å²) < 4.78 is 11.4. The number of hydrogen-bond donors (Lipinski definition) is 1. The lowest BCUT2D eigenvalue weighted by Crippen LogP contribution is -2.04. The maximum Gasteiger partial charge on any atom is 0.161 e. The van der Waals surface area contributed by atoms with Gasteiger partial charge in [0.05, 0.1) is 18.7 Å². The fourth-order valence-corrected chi connectivity index (χ4v) is 2.18. The topological polar surface area (TPSA) is 56.3 Å². The van der Waals surface area contributed by atoms with Crippen LogP contribution in [-0.2, 0) is 0 Å². The van der Waals surface area contributed by atoms with Crippen molar-refractivity contribution in [3.8, 4) is 22.9 Å². The van der Waals surface area contributed by atoms with Gasteiger partial charge in [-0.25, -0.2) is 9.97 Å². The Morgan fingerprint density at radius 3 is 2.62 bits per heavy atom. The van der Waals surface area contributed by atoms with Crippen molar-refractivity contribution in [2.75, 3.05) is 26.1 Å². The third-order valence-corrected chi connectivity index (χ3v) is 3.51. The summed E-state index contributed by atoms with van der Waals surface area (Å²) in [7, 11) is 3.22. The Hall–Kier alpha value is -1.82. The van der Waals surface area contributed by atoms with Gasteiger partial charge >= 0.3 is 0 Å². The van der Waals surface area contributed by atoms with Gasteiger partial charge in [-0.15, -0.1) is 0 Å². The van der Waals surface area contributed by atoms with E-state index in [-0.39, 0.29) is 0 Å². The molecular formula is C15H18BrN3O2. The predicted molar refractivity (Wildman–Crippen MR) is 87.1 cm³/mol. The van der Waals surface area contributed by atoms with Crippen LogP contribution in [0.15, 0.2) is 28.9 Å². The molecule has 2 rings (SSSR count). The molecule has 2 aromatic rings. The number of nitrogens with zero attached hydrogens (tertiary/aromatic N) is 2. The van der Waals surface area contributed by atoms with Crippen molar-refractivity contribution in [3.05, 3.63) is 28.9 Å². The molecule has 0 radical (unpaired) electrons. The largest absolute Gasteiger partial charge is 0.493 e. The summed E-state index contributed by atoms with van der Waals surface area (Å²) >= 11 is 3.45. The molecule has 0 aliphatic carbocycles. The fraction of sp³-hybridized carbons (Fsp3) is 0.333. The lowest BCUT2D eigenvalue weighted by Gasteiger charge is -2.11. The van der Waals surface area contributed by atoms with Gasteiger partial charge < -0.3 is 14.8 Å². The molecule has 0 saturated carbocycles. The highest BCUT2D eigenvalue weighted by atomic mass is 79.9. The van der Waals surface area contributed by atoms with Crippen LogP contribution >= 0.6 is 15.9 Å². The van der Waals surface area contributed by atoms with E-state index in [0.717, 1.165) is 28.8 Å². The Morgan fingerprint density at radius 1 is 1.19 bits per heavy atom. The molecular weight excluding hydrogens is 334 g/mol. The minimum Gasteiger partial charge on any atom is -0.493 e. The number of anilines is 1. The summed E-state index contributed by atoms with van der Waals surface area (Å²) in [6, 6.07) is 5.62. The van der Waals surface area contributed by atoms with Gasteiger partial charge in [0.25, 0.3) is 0 Å². The Labute approximate surface area is 132 Å². The van der Waals surface area contributed by atoms with Crippen LogP contribution in [0.2, 0.25) is 0 Å². The lowest BCUT2D eigenvalue weighted by atomic mass is 10.2. The molecule has 0 aliphatic heterocycles. The van der Waals surface area contributed by atoms with E-state index in [9.17, 15) is 0 Å². The molecule has 1 heterocycles. The van der Waals surface area contributed by atoms with Gasteiger partial charge in [-0.1, -0.05) is 6.92 Å². The number of hydrogen-bond acceptors (Lipinski definition) is 5. The molecule has 0 bridgehead atoms. The average molecular weight is 352 g/mol. The van der Waals surface area contributed by atoms with Gasteiger partial charge in [0.1, 0.15) is 5.82 Å². The van der Waals surface area contributed by atoms with Crippen LogP contribution in [0, 0.1) is 0 Å². The number of methoxy groups -OCH3 is 2. The van der Waals surface area contributed by atoms with Crippen molar-refractivity contribution in [1.29, 1.82) is 0 Å². The molecule has 0 unspecified atom stereocenters. The third kappa shape index (κ3) is 3.64. The molecule has 0 aliphatic rings. The summed E-state index contributed by atoms with van der Waals surface area (Å²) in [5, 5.41) is 3.27. The second-order valence-corrected chi connectivity index (χ2v) is 5.24. The molecule has 1 N–H and O–H groups in total. The van der Waals surface area contributed by atoms with Crippen LogP contribution in [0.3, 0.4) is 0 Å². The molecule has 0 amide bonds. The van der Waals surface area contributed by atoms with E-state index in [1.165, 1.54) is 0 Å². The van der Waals surface area contributed by atoms with E-state index in [1.807, 2.05) is 18.2 Å². The highest BCUT2D eigenvalue weighted by molar-refractivity contribution is 9.10. The molecule has 1 aromatic carbocycles. The Bertz CT molecular complexity index is 620. The number of rotatable bonds is 6. The quantitative estimate of drug-likeness (QED) is 0.858. The Morgan fingerprint density at radius 2 is 1.95 bits per heavy atom. The van der Waals surface area contributed by atoms with Gasteiger partial charge in [0.2, 0.25) is 0 Å². The summed E-state index contributed by atoms with van der Waals surface area (Å²) in [5.41, 5.74) is 0.875. The van der Waals surface area contributed by atoms with Crippen LogP contribution in [-0.4, -0.2) is 30.7 Å². The van der Waals surface area contributed by atoms with Crippen LogP contribution in [0.5, 0.6) is 11.5 Å². The van der Waals surface area contributed by atoms with E-state index in [1.54, 1.807) is 20.4 Å². The van der Waals surface area contributed by atoms with Crippen LogP contribution in [0.25, 0.3) is 11.4 Å². The summed E-state index contributed by atoms with van der Waals surface area (Å²) in [5.74, 6) is 2.77. The number of nitrogens with one attached hydrogen (secondary N) is 1. The maximum atomic E-state index is 5.31. The monoisotopic (exact) mass is 351 g/mol. The van der Waals surface area contributed by atoms with Crippen molar-refractivity contribution < 1.29 is 9.47 Å². The molecule has 0 fully saturated rings.